The van der Waals surface area contributed by atoms with Crippen molar-refractivity contribution in [3.8, 4) is 17.2 Å². The predicted molar refractivity (Wildman–Crippen MR) is 98.1 cm³/mol. The lowest BCUT2D eigenvalue weighted by atomic mass is 9.89. The van der Waals surface area contributed by atoms with Crippen LogP contribution in [0, 0.1) is 6.92 Å². The number of carbonyl (C=O) groups is 1. The van der Waals surface area contributed by atoms with Crippen LogP contribution < -0.4 is 24.4 Å². The zero-order valence-electron chi connectivity index (χ0n) is 15.3. The number of carbonyl (C=O) groups excluding carboxylic acids is 1. The van der Waals surface area contributed by atoms with E-state index in [2.05, 4.69) is 11.4 Å². The van der Waals surface area contributed by atoms with Gasteiger partial charge in [0.2, 0.25) is 0 Å². The summed E-state index contributed by atoms with van der Waals surface area (Å²) in [5.74, 6) is 1.98. The molecule has 2 aliphatic rings. The van der Waals surface area contributed by atoms with Crippen LogP contribution in [0.15, 0.2) is 36.4 Å². The van der Waals surface area contributed by atoms with Crippen molar-refractivity contribution in [1.82, 2.24) is 5.32 Å². The summed E-state index contributed by atoms with van der Waals surface area (Å²) in [6.45, 7) is 3.98. The minimum atomic E-state index is -0.783. The van der Waals surface area contributed by atoms with Gasteiger partial charge in [-0.2, -0.15) is 0 Å². The van der Waals surface area contributed by atoms with Crippen molar-refractivity contribution in [2.45, 2.75) is 32.0 Å². The molecule has 0 aliphatic carbocycles. The largest absolute Gasteiger partial charge is 0.493 e. The van der Waals surface area contributed by atoms with Crippen LogP contribution in [0.3, 0.4) is 0 Å². The van der Waals surface area contributed by atoms with Gasteiger partial charge in [-0.15, -0.1) is 0 Å². The second kappa shape index (κ2) is 5.83. The molecule has 1 fully saturated rings. The Bertz CT molecular complexity index is 882. The zero-order chi connectivity index (χ0) is 18.5. The molecule has 0 radical (unpaired) electrons. The first-order valence-electron chi connectivity index (χ1n) is 8.57. The first kappa shape index (κ1) is 16.6. The summed E-state index contributed by atoms with van der Waals surface area (Å²) in [6.07, 6.45) is 0.656. The lowest BCUT2D eigenvalue weighted by molar-refractivity contribution is 0.0378. The van der Waals surface area contributed by atoms with Crippen LogP contribution in [0.2, 0.25) is 0 Å². The Labute approximate surface area is 152 Å². The van der Waals surface area contributed by atoms with Gasteiger partial charge in [0.1, 0.15) is 5.75 Å². The molecule has 6 heteroatoms. The van der Waals surface area contributed by atoms with Gasteiger partial charge in [-0.25, -0.2) is 4.79 Å². The van der Waals surface area contributed by atoms with Crippen LogP contribution >= 0.6 is 0 Å². The van der Waals surface area contributed by atoms with Crippen LogP contribution in [-0.2, 0) is 0 Å². The van der Waals surface area contributed by atoms with Crippen LogP contribution in [0.4, 0.5) is 10.5 Å². The van der Waals surface area contributed by atoms with E-state index in [0.29, 0.717) is 23.6 Å². The SMILES string of the molecule is COc1ccc(N2C(=O)N[C@H]3C[C@]2(C)Oc2ccc(C)cc23)cc1OC. The Hall–Kier alpha value is -2.89. The molecule has 6 nitrogen and oxygen atoms in total. The second-order valence-electron chi connectivity index (χ2n) is 6.90. The van der Waals surface area contributed by atoms with Gasteiger partial charge in [0.15, 0.2) is 17.2 Å². The Balaban J connectivity index is 1.77. The Morgan fingerprint density at radius 1 is 1.15 bits per heavy atom. The number of hydrogen-bond donors (Lipinski definition) is 1. The van der Waals surface area contributed by atoms with E-state index >= 15 is 0 Å². The third kappa shape index (κ3) is 2.44. The number of nitrogens with zero attached hydrogens (tertiary/aromatic N) is 1. The number of benzene rings is 2. The number of fused-ring (bicyclic) bond motifs is 4. The number of ether oxygens (including phenoxy) is 3. The van der Waals surface area contributed by atoms with Crippen molar-refractivity contribution >= 4 is 11.7 Å². The van der Waals surface area contributed by atoms with Gasteiger partial charge in [-0.1, -0.05) is 17.7 Å². The number of hydrogen-bond acceptors (Lipinski definition) is 4. The Kier molecular flexibility index (Phi) is 3.72. The highest BCUT2D eigenvalue weighted by molar-refractivity contribution is 5.95. The molecule has 0 saturated carbocycles. The van der Waals surface area contributed by atoms with Crippen molar-refractivity contribution in [1.29, 1.82) is 0 Å². The molecule has 2 aromatic rings. The molecule has 0 aromatic heterocycles. The smallest absolute Gasteiger partial charge is 0.325 e. The van der Waals surface area contributed by atoms with Crippen LogP contribution in [-0.4, -0.2) is 26.0 Å². The van der Waals surface area contributed by atoms with Crippen molar-refractivity contribution in [3.05, 3.63) is 47.5 Å². The highest BCUT2D eigenvalue weighted by Crippen LogP contribution is 2.46. The van der Waals surface area contributed by atoms with Crippen LogP contribution in [0.5, 0.6) is 17.2 Å². The summed E-state index contributed by atoms with van der Waals surface area (Å²) < 4.78 is 17.0. The van der Waals surface area contributed by atoms with Gasteiger partial charge in [-0.05, 0) is 32.0 Å². The first-order valence-corrected chi connectivity index (χ1v) is 8.57. The fourth-order valence-corrected chi connectivity index (χ4v) is 3.85. The van der Waals surface area contributed by atoms with E-state index in [1.54, 1.807) is 31.3 Å². The zero-order valence-corrected chi connectivity index (χ0v) is 15.3. The van der Waals surface area contributed by atoms with E-state index in [9.17, 15) is 4.79 Å². The van der Waals surface area contributed by atoms with E-state index < -0.39 is 5.72 Å². The quantitative estimate of drug-likeness (QED) is 0.911. The second-order valence-corrected chi connectivity index (χ2v) is 6.90. The molecule has 4 rings (SSSR count). The van der Waals surface area contributed by atoms with Gasteiger partial charge < -0.3 is 19.5 Å². The fraction of sp³-hybridized carbons (Fsp3) is 0.350. The maximum atomic E-state index is 12.9. The summed E-state index contributed by atoms with van der Waals surface area (Å²) in [5.41, 5.74) is 2.08. The minimum absolute atomic E-state index is 0.0625. The fourth-order valence-electron chi connectivity index (χ4n) is 3.85. The summed E-state index contributed by atoms with van der Waals surface area (Å²) in [6, 6.07) is 11.2. The van der Waals surface area contributed by atoms with Crippen molar-refractivity contribution in [2.75, 3.05) is 19.1 Å². The summed E-state index contributed by atoms with van der Waals surface area (Å²) in [5, 5.41) is 3.11. The standard InChI is InChI=1S/C20H22N2O4/c1-12-5-7-16-14(9-12)15-11-20(2,26-16)22(19(23)21-15)13-6-8-17(24-3)18(10-13)25-4/h5-10,15H,11H2,1-4H3,(H,21,23)/t15-,20-/m0/s1. The van der Waals surface area contributed by atoms with Gasteiger partial charge >= 0.3 is 6.03 Å². The maximum Gasteiger partial charge on any atom is 0.325 e. The number of aryl methyl sites for hydroxylation is 1. The van der Waals surface area contributed by atoms with Crippen molar-refractivity contribution in [3.63, 3.8) is 0 Å². The molecular formula is C20H22N2O4. The minimum Gasteiger partial charge on any atom is -0.493 e. The molecule has 2 amide bonds. The molecule has 26 heavy (non-hydrogen) atoms. The molecule has 2 aromatic carbocycles. The van der Waals surface area contributed by atoms with E-state index in [1.807, 2.05) is 32.0 Å². The number of rotatable bonds is 3. The topological polar surface area (TPSA) is 60.0 Å². The molecule has 0 spiro atoms. The monoisotopic (exact) mass is 354 g/mol. The molecule has 136 valence electrons. The normalized spacial score (nSPS) is 23.6. The van der Waals surface area contributed by atoms with E-state index in [1.165, 1.54) is 0 Å². The van der Waals surface area contributed by atoms with Crippen molar-refractivity contribution in [2.24, 2.45) is 0 Å². The highest BCUT2D eigenvalue weighted by atomic mass is 16.5. The first-order chi connectivity index (χ1) is 12.4. The molecule has 2 aliphatic heterocycles. The van der Waals surface area contributed by atoms with E-state index in [-0.39, 0.29) is 12.1 Å². The number of nitrogens with one attached hydrogen (secondary N) is 1. The molecule has 2 heterocycles. The van der Waals surface area contributed by atoms with Crippen molar-refractivity contribution < 1.29 is 19.0 Å². The Morgan fingerprint density at radius 3 is 2.65 bits per heavy atom. The lowest BCUT2D eigenvalue weighted by Gasteiger charge is -2.50. The number of amides is 2. The van der Waals surface area contributed by atoms with Gasteiger partial charge in [0.25, 0.3) is 0 Å². The average Bonchev–Trinajstić information content (AvgIpc) is 2.61. The Morgan fingerprint density at radius 2 is 1.92 bits per heavy atom. The van der Waals surface area contributed by atoms with Crippen LogP contribution in [0.1, 0.15) is 30.5 Å². The molecule has 1 saturated heterocycles. The average molecular weight is 354 g/mol. The predicted octanol–water partition coefficient (Wildman–Crippen LogP) is 3.78. The maximum absolute atomic E-state index is 12.9. The summed E-state index contributed by atoms with van der Waals surface area (Å²) in [7, 11) is 3.16. The van der Waals surface area contributed by atoms with Gasteiger partial charge in [0, 0.05) is 18.1 Å². The highest BCUT2D eigenvalue weighted by Gasteiger charge is 2.50. The molecule has 2 atom stereocenters. The third-order valence-electron chi connectivity index (χ3n) is 5.05. The summed E-state index contributed by atoms with van der Waals surface area (Å²) in [4.78, 5) is 14.6. The van der Waals surface area contributed by atoms with Gasteiger partial charge in [0.05, 0.1) is 25.9 Å². The van der Waals surface area contributed by atoms with Gasteiger partial charge in [-0.3, -0.25) is 4.90 Å². The molecule has 2 bridgehead atoms. The number of anilines is 1. The molecule has 1 N–H and O–H groups in total. The lowest BCUT2D eigenvalue weighted by Crippen LogP contribution is -2.65. The summed E-state index contributed by atoms with van der Waals surface area (Å²) >= 11 is 0. The number of urea groups is 1. The number of methoxy groups -OCH3 is 2. The molecule has 0 unspecified atom stereocenters. The van der Waals surface area contributed by atoms with E-state index in [4.69, 9.17) is 14.2 Å². The third-order valence-corrected chi connectivity index (χ3v) is 5.05. The molecular weight excluding hydrogens is 332 g/mol. The van der Waals surface area contributed by atoms with Crippen LogP contribution in [0.25, 0.3) is 0 Å². The van der Waals surface area contributed by atoms with E-state index in [0.717, 1.165) is 16.9 Å².